The van der Waals surface area contributed by atoms with Crippen molar-refractivity contribution in [1.82, 2.24) is 0 Å². The van der Waals surface area contributed by atoms with Crippen LogP contribution in [0.5, 0.6) is 0 Å². The monoisotopic (exact) mass is 230 g/mol. The van der Waals surface area contributed by atoms with Gasteiger partial charge in [0.1, 0.15) is 0 Å². The number of hydrogen-bond acceptors (Lipinski definition) is 1. The zero-order chi connectivity index (χ0) is 11.3. The average Bonchev–Trinajstić information content (AvgIpc) is 2.40. The SMILES string of the molecule is COC(C)(C)CCC1=CC(Cl)CCCC1. The molecule has 0 spiro atoms. The Balaban J connectivity index is 2.43. The molecule has 0 aromatic heterocycles. The zero-order valence-electron chi connectivity index (χ0n) is 10.2. The fourth-order valence-corrected chi connectivity index (χ4v) is 2.22. The predicted octanol–water partition coefficient (Wildman–Crippen LogP) is 4.30. The highest BCUT2D eigenvalue weighted by molar-refractivity contribution is 6.21. The number of rotatable bonds is 4. The summed E-state index contributed by atoms with van der Waals surface area (Å²) < 4.78 is 5.43. The summed E-state index contributed by atoms with van der Waals surface area (Å²) in [5.41, 5.74) is 1.52. The van der Waals surface area contributed by atoms with E-state index in [2.05, 4.69) is 19.9 Å². The molecular formula is C13H23ClO. The summed E-state index contributed by atoms with van der Waals surface area (Å²) in [6.07, 6.45) is 9.40. The Morgan fingerprint density at radius 2 is 2.20 bits per heavy atom. The zero-order valence-corrected chi connectivity index (χ0v) is 10.9. The maximum Gasteiger partial charge on any atom is 0.0625 e. The summed E-state index contributed by atoms with van der Waals surface area (Å²) in [4.78, 5) is 0. The van der Waals surface area contributed by atoms with Crippen molar-refractivity contribution < 1.29 is 4.74 Å². The molecule has 2 heteroatoms. The lowest BCUT2D eigenvalue weighted by atomic mass is 9.96. The lowest BCUT2D eigenvalue weighted by Crippen LogP contribution is -2.22. The second-order valence-corrected chi connectivity index (χ2v) is 5.61. The van der Waals surface area contributed by atoms with Crippen molar-refractivity contribution in [2.75, 3.05) is 7.11 Å². The number of ether oxygens (including phenoxy) is 1. The molecule has 0 aliphatic heterocycles. The maximum absolute atomic E-state index is 6.19. The van der Waals surface area contributed by atoms with Crippen molar-refractivity contribution in [3.8, 4) is 0 Å². The van der Waals surface area contributed by atoms with Crippen molar-refractivity contribution in [3.05, 3.63) is 11.6 Å². The highest BCUT2D eigenvalue weighted by Crippen LogP contribution is 2.27. The van der Waals surface area contributed by atoms with Gasteiger partial charge in [0.2, 0.25) is 0 Å². The molecule has 0 heterocycles. The van der Waals surface area contributed by atoms with E-state index in [1.54, 1.807) is 7.11 Å². The van der Waals surface area contributed by atoms with Crippen LogP contribution in [0.1, 0.15) is 52.4 Å². The first-order valence-corrected chi connectivity index (χ1v) is 6.36. The van der Waals surface area contributed by atoms with Crippen molar-refractivity contribution in [2.45, 2.75) is 63.4 Å². The van der Waals surface area contributed by atoms with Crippen molar-refractivity contribution in [3.63, 3.8) is 0 Å². The van der Waals surface area contributed by atoms with Gasteiger partial charge in [-0.3, -0.25) is 0 Å². The van der Waals surface area contributed by atoms with E-state index in [9.17, 15) is 0 Å². The predicted molar refractivity (Wildman–Crippen MR) is 66.5 cm³/mol. The van der Waals surface area contributed by atoms with Crippen molar-refractivity contribution >= 4 is 11.6 Å². The van der Waals surface area contributed by atoms with Crippen LogP contribution in [0.25, 0.3) is 0 Å². The summed E-state index contributed by atoms with van der Waals surface area (Å²) >= 11 is 6.19. The Kier molecular flexibility index (Phi) is 5.14. The average molecular weight is 231 g/mol. The smallest absolute Gasteiger partial charge is 0.0625 e. The number of alkyl halides is 1. The lowest BCUT2D eigenvalue weighted by molar-refractivity contribution is 0.0156. The Hall–Kier alpha value is -0.0100. The van der Waals surface area contributed by atoms with E-state index in [1.165, 1.54) is 24.8 Å². The topological polar surface area (TPSA) is 9.23 Å². The number of halogens is 1. The van der Waals surface area contributed by atoms with Gasteiger partial charge in [0.05, 0.1) is 11.0 Å². The molecule has 0 bridgehead atoms. The van der Waals surface area contributed by atoms with E-state index in [1.807, 2.05) is 0 Å². The molecule has 88 valence electrons. The van der Waals surface area contributed by atoms with E-state index in [0.29, 0.717) is 0 Å². The Morgan fingerprint density at radius 3 is 2.87 bits per heavy atom. The van der Waals surface area contributed by atoms with Crippen LogP contribution >= 0.6 is 11.6 Å². The van der Waals surface area contributed by atoms with Gasteiger partial charge < -0.3 is 4.74 Å². The molecule has 1 rings (SSSR count). The van der Waals surface area contributed by atoms with Gasteiger partial charge in [-0.05, 0) is 46.0 Å². The summed E-state index contributed by atoms with van der Waals surface area (Å²) in [7, 11) is 1.78. The van der Waals surface area contributed by atoms with Gasteiger partial charge in [0.15, 0.2) is 0 Å². The summed E-state index contributed by atoms with van der Waals surface area (Å²) in [5.74, 6) is 0. The molecule has 0 saturated heterocycles. The van der Waals surface area contributed by atoms with Gasteiger partial charge in [0, 0.05) is 7.11 Å². The van der Waals surface area contributed by atoms with Crippen LogP contribution in [0.3, 0.4) is 0 Å². The molecule has 0 amide bonds. The Bertz CT molecular complexity index is 221. The summed E-state index contributed by atoms with van der Waals surface area (Å²) in [5, 5.41) is 0.258. The van der Waals surface area contributed by atoms with Gasteiger partial charge in [-0.2, -0.15) is 0 Å². The van der Waals surface area contributed by atoms with Crippen LogP contribution in [-0.4, -0.2) is 18.1 Å². The molecule has 1 aliphatic carbocycles. The molecule has 0 aromatic rings. The molecule has 1 nitrogen and oxygen atoms in total. The molecule has 0 aromatic carbocycles. The quantitative estimate of drug-likeness (QED) is 0.517. The molecule has 0 fully saturated rings. The van der Waals surface area contributed by atoms with Crippen molar-refractivity contribution in [1.29, 1.82) is 0 Å². The van der Waals surface area contributed by atoms with E-state index in [0.717, 1.165) is 19.3 Å². The molecule has 0 N–H and O–H groups in total. The highest BCUT2D eigenvalue weighted by atomic mass is 35.5. The first-order chi connectivity index (χ1) is 7.03. The first kappa shape index (κ1) is 13.1. The van der Waals surface area contributed by atoms with E-state index in [4.69, 9.17) is 16.3 Å². The van der Waals surface area contributed by atoms with Crippen LogP contribution in [0.2, 0.25) is 0 Å². The Morgan fingerprint density at radius 1 is 1.47 bits per heavy atom. The van der Waals surface area contributed by atoms with Crippen LogP contribution in [-0.2, 0) is 4.74 Å². The van der Waals surface area contributed by atoms with E-state index < -0.39 is 0 Å². The van der Waals surface area contributed by atoms with Gasteiger partial charge in [0.25, 0.3) is 0 Å². The minimum atomic E-state index is -0.00501. The standard InChI is InChI=1S/C13H23ClO/c1-13(2,15-3)9-8-11-6-4-5-7-12(14)10-11/h10,12H,4-9H2,1-3H3. The number of methoxy groups -OCH3 is 1. The fourth-order valence-electron chi connectivity index (χ4n) is 1.89. The lowest BCUT2D eigenvalue weighted by Gasteiger charge is -2.23. The van der Waals surface area contributed by atoms with Crippen LogP contribution < -0.4 is 0 Å². The number of allylic oxidation sites excluding steroid dienone is 2. The van der Waals surface area contributed by atoms with Crippen LogP contribution in [0.15, 0.2) is 11.6 Å². The van der Waals surface area contributed by atoms with Crippen molar-refractivity contribution in [2.24, 2.45) is 0 Å². The molecular weight excluding hydrogens is 208 g/mol. The third kappa shape index (κ3) is 5.03. The summed E-state index contributed by atoms with van der Waals surface area (Å²) in [6.45, 7) is 4.28. The molecule has 0 saturated carbocycles. The maximum atomic E-state index is 6.19. The van der Waals surface area contributed by atoms with Gasteiger partial charge in [-0.1, -0.05) is 18.1 Å². The number of hydrogen-bond donors (Lipinski definition) is 0. The first-order valence-electron chi connectivity index (χ1n) is 5.92. The second-order valence-electron chi connectivity index (χ2n) is 5.05. The minimum absolute atomic E-state index is 0.00501. The highest BCUT2D eigenvalue weighted by Gasteiger charge is 2.17. The third-order valence-corrected chi connectivity index (χ3v) is 3.59. The summed E-state index contributed by atoms with van der Waals surface area (Å²) in [6, 6.07) is 0. The Labute approximate surface area is 98.8 Å². The molecule has 1 atom stereocenters. The van der Waals surface area contributed by atoms with Crippen LogP contribution in [0.4, 0.5) is 0 Å². The molecule has 15 heavy (non-hydrogen) atoms. The van der Waals surface area contributed by atoms with Gasteiger partial charge >= 0.3 is 0 Å². The van der Waals surface area contributed by atoms with E-state index >= 15 is 0 Å². The fraction of sp³-hybridized carbons (Fsp3) is 0.846. The minimum Gasteiger partial charge on any atom is -0.379 e. The van der Waals surface area contributed by atoms with Crippen LogP contribution in [0, 0.1) is 0 Å². The van der Waals surface area contributed by atoms with E-state index in [-0.39, 0.29) is 11.0 Å². The molecule has 1 unspecified atom stereocenters. The normalized spacial score (nSPS) is 23.5. The van der Waals surface area contributed by atoms with Gasteiger partial charge in [-0.15, -0.1) is 11.6 Å². The molecule has 1 aliphatic rings. The third-order valence-electron chi connectivity index (χ3n) is 3.25. The second kappa shape index (κ2) is 5.91. The largest absolute Gasteiger partial charge is 0.379 e. The molecule has 0 radical (unpaired) electrons. The van der Waals surface area contributed by atoms with Gasteiger partial charge in [-0.25, -0.2) is 0 Å².